The maximum Gasteiger partial charge on any atom is 0.332 e. The molecule has 0 aromatic carbocycles. The Labute approximate surface area is 76.5 Å². The summed E-state index contributed by atoms with van der Waals surface area (Å²) in [6, 6.07) is 0. The first-order valence-corrected chi connectivity index (χ1v) is 7.34. The molecule has 0 bridgehead atoms. The molecule has 0 unspecified atom stereocenters. The molecule has 0 spiro atoms. The fourth-order valence-electron chi connectivity index (χ4n) is 2.45. The minimum absolute atomic E-state index is 0.0164. The van der Waals surface area contributed by atoms with Gasteiger partial charge in [0.2, 0.25) is 0 Å². The van der Waals surface area contributed by atoms with Crippen LogP contribution in [-0.2, 0) is 8.85 Å². The van der Waals surface area contributed by atoms with Crippen LogP contribution < -0.4 is 0 Å². The molecule has 2 nitrogen and oxygen atoms in total. The summed E-state index contributed by atoms with van der Waals surface area (Å²) >= 11 is 0. The molecule has 0 amide bonds. The summed E-state index contributed by atoms with van der Waals surface area (Å²) in [6.45, 7) is 12.8. The number of hydrogen-bond acceptors (Lipinski definition) is 2. The largest absolute Gasteiger partial charge is 0.389 e. The topological polar surface area (TPSA) is 18.5 Å². The number of rotatable bonds is 0. The Hall–Kier alpha value is 0.137. The first kappa shape index (κ1) is 10.2. The van der Waals surface area contributed by atoms with Crippen molar-refractivity contribution >= 4 is 8.56 Å². The van der Waals surface area contributed by atoms with Crippen LogP contribution in [0.3, 0.4) is 0 Å². The van der Waals surface area contributed by atoms with Crippen LogP contribution in [0.25, 0.3) is 0 Å². The van der Waals surface area contributed by atoms with E-state index in [9.17, 15) is 0 Å². The van der Waals surface area contributed by atoms with Crippen molar-refractivity contribution in [1.82, 2.24) is 0 Å². The zero-order valence-electron chi connectivity index (χ0n) is 9.02. The zero-order chi connectivity index (χ0) is 9.62. The van der Waals surface area contributed by atoms with Gasteiger partial charge in [-0.2, -0.15) is 0 Å². The van der Waals surface area contributed by atoms with Crippen molar-refractivity contribution in [2.24, 2.45) is 0 Å². The van der Waals surface area contributed by atoms with E-state index in [1.165, 1.54) is 0 Å². The standard InChI is InChI=1S/C9H20O2Si/c1-8(2)7-9(3,4)11-12(5,6)10-8/h7H2,1-6H3. The lowest BCUT2D eigenvalue weighted by Gasteiger charge is -2.48. The molecule has 0 N–H and O–H groups in total. The van der Waals surface area contributed by atoms with Gasteiger partial charge in [0.15, 0.2) is 0 Å². The molecule has 0 atom stereocenters. The highest BCUT2D eigenvalue weighted by Gasteiger charge is 2.45. The van der Waals surface area contributed by atoms with Gasteiger partial charge in [0.25, 0.3) is 0 Å². The Bertz CT molecular complexity index is 140. The van der Waals surface area contributed by atoms with Gasteiger partial charge >= 0.3 is 8.56 Å². The zero-order valence-corrected chi connectivity index (χ0v) is 10.0. The molecule has 1 aliphatic heterocycles. The van der Waals surface area contributed by atoms with Crippen molar-refractivity contribution in [2.45, 2.75) is 58.4 Å². The highest BCUT2D eigenvalue weighted by molar-refractivity contribution is 6.64. The molecule has 1 fully saturated rings. The second-order valence-corrected chi connectivity index (χ2v) is 8.51. The molecule has 0 aromatic heterocycles. The van der Waals surface area contributed by atoms with Crippen molar-refractivity contribution in [3.63, 3.8) is 0 Å². The maximum atomic E-state index is 5.91. The average Bonchev–Trinajstić information content (AvgIpc) is 1.44. The van der Waals surface area contributed by atoms with E-state index in [1.54, 1.807) is 0 Å². The van der Waals surface area contributed by atoms with Crippen molar-refractivity contribution < 1.29 is 8.85 Å². The van der Waals surface area contributed by atoms with Gasteiger partial charge in [-0.1, -0.05) is 0 Å². The highest BCUT2D eigenvalue weighted by Crippen LogP contribution is 2.37. The normalized spacial score (nSPS) is 31.5. The Morgan fingerprint density at radius 1 is 0.917 bits per heavy atom. The third kappa shape index (κ3) is 2.57. The van der Waals surface area contributed by atoms with Crippen molar-refractivity contribution in [2.75, 3.05) is 0 Å². The summed E-state index contributed by atoms with van der Waals surface area (Å²) in [5.74, 6) is 0. The van der Waals surface area contributed by atoms with Gasteiger partial charge in [0, 0.05) is 6.42 Å². The van der Waals surface area contributed by atoms with E-state index >= 15 is 0 Å². The molecule has 12 heavy (non-hydrogen) atoms. The third-order valence-electron chi connectivity index (χ3n) is 1.90. The van der Waals surface area contributed by atoms with Gasteiger partial charge in [-0.25, -0.2) is 0 Å². The van der Waals surface area contributed by atoms with Crippen LogP contribution >= 0.6 is 0 Å². The van der Waals surface area contributed by atoms with Crippen LogP contribution in [-0.4, -0.2) is 19.8 Å². The van der Waals surface area contributed by atoms with E-state index in [0.717, 1.165) is 6.42 Å². The first-order valence-electron chi connectivity index (χ1n) is 4.52. The molecule has 0 saturated carbocycles. The van der Waals surface area contributed by atoms with E-state index < -0.39 is 8.56 Å². The summed E-state index contributed by atoms with van der Waals surface area (Å²) < 4.78 is 11.8. The smallest absolute Gasteiger partial charge is 0.332 e. The van der Waals surface area contributed by atoms with Crippen LogP contribution in [0.4, 0.5) is 0 Å². The van der Waals surface area contributed by atoms with Gasteiger partial charge in [0.05, 0.1) is 11.2 Å². The van der Waals surface area contributed by atoms with Gasteiger partial charge < -0.3 is 8.85 Å². The molecule has 72 valence electrons. The Morgan fingerprint density at radius 3 is 1.50 bits per heavy atom. The van der Waals surface area contributed by atoms with E-state index in [1.807, 2.05) is 0 Å². The molecule has 0 radical (unpaired) electrons. The molecule has 1 rings (SSSR count). The van der Waals surface area contributed by atoms with Gasteiger partial charge in [0.1, 0.15) is 0 Å². The summed E-state index contributed by atoms with van der Waals surface area (Å²) in [5.41, 5.74) is -0.0328. The van der Waals surface area contributed by atoms with E-state index in [0.29, 0.717) is 0 Å². The summed E-state index contributed by atoms with van der Waals surface area (Å²) in [7, 11) is -1.86. The molecule has 1 saturated heterocycles. The fourth-order valence-corrected chi connectivity index (χ4v) is 5.30. The SMILES string of the molecule is CC1(C)CC(C)(C)O[Si](C)(C)O1. The Kier molecular flexibility index (Phi) is 2.18. The van der Waals surface area contributed by atoms with Crippen LogP contribution in [0.5, 0.6) is 0 Å². The van der Waals surface area contributed by atoms with Crippen molar-refractivity contribution in [3.05, 3.63) is 0 Å². The Morgan fingerprint density at radius 2 is 1.25 bits per heavy atom. The van der Waals surface area contributed by atoms with E-state index in [-0.39, 0.29) is 11.2 Å². The Balaban J connectivity index is 2.81. The van der Waals surface area contributed by atoms with Crippen LogP contribution in [0.1, 0.15) is 34.1 Å². The summed E-state index contributed by atoms with van der Waals surface area (Å²) in [4.78, 5) is 0. The molecule has 0 aromatic rings. The van der Waals surface area contributed by atoms with E-state index in [2.05, 4.69) is 40.8 Å². The number of hydrogen-bond donors (Lipinski definition) is 0. The van der Waals surface area contributed by atoms with Crippen molar-refractivity contribution in [1.29, 1.82) is 0 Å². The average molecular weight is 188 g/mol. The lowest BCUT2D eigenvalue weighted by molar-refractivity contribution is -0.0866. The molecular formula is C9H20O2Si. The van der Waals surface area contributed by atoms with Crippen LogP contribution in [0, 0.1) is 0 Å². The quantitative estimate of drug-likeness (QED) is 0.544. The lowest BCUT2D eigenvalue weighted by atomic mass is 9.93. The second kappa shape index (κ2) is 2.56. The molecule has 1 heterocycles. The summed E-state index contributed by atoms with van der Waals surface area (Å²) in [5, 5.41) is 0. The second-order valence-electron chi connectivity index (χ2n) is 5.30. The highest BCUT2D eigenvalue weighted by atomic mass is 28.4. The molecule has 0 aliphatic carbocycles. The lowest BCUT2D eigenvalue weighted by Crippen LogP contribution is -2.56. The minimum Gasteiger partial charge on any atom is -0.389 e. The van der Waals surface area contributed by atoms with Gasteiger partial charge in [-0.05, 0) is 40.8 Å². The maximum absolute atomic E-state index is 5.91. The summed E-state index contributed by atoms with van der Waals surface area (Å²) in [6.07, 6.45) is 0.969. The fraction of sp³-hybridized carbons (Fsp3) is 1.00. The molecule has 1 aliphatic rings. The van der Waals surface area contributed by atoms with Crippen molar-refractivity contribution in [3.8, 4) is 0 Å². The van der Waals surface area contributed by atoms with Gasteiger partial charge in [-0.15, -0.1) is 0 Å². The first-order chi connectivity index (χ1) is 5.12. The van der Waals surface area contributed by atoms with Crippen LogP contribution in [0.2, 0.25) is 13.1 Å². The molecule has 3 heteroatoms. The monoisotopic (exact) mass is 188 g/mol. The van der Waals surface area contributed by atoms with Gasteiger partial charge in [-0.3, -0.25) is 0 Å². The predicted octanol–water partition coefficient (Wildman–Crippen LogP) is 2.68. The molecular weight excluding hydrogens is 168 g/mol. The minimum atomic E-state index is -1.86. The van der Waals surface area contributed by atoms with Crippen LogP contribution in [0.15, 0.2) is 0 Å². The predicted molar refractivity (Wildman–Crippen MR) is 52.4 cm³/mol. The third-order valence-corrected chi connectivity index (χ3v) is 3.98. The van der Waals surface area contributed by atoms with E-state index in [4.69, 9.17) is 8.85 Å².